The summed E-state index contributed by atoms with van der Waals surface area (Å²) < 4.78 is 0. The number of carboxylic acid groups (broad SMARTS) is 2. The van der Waals surface area contributed by atoms with Gasteiger partial charge in [-0.2, -0.15) is 0 Å². The van der Waals surface area contributed by atoms with E-state index in [1.165, 1.54) is 0 Å². The van der Waals surface area contributed by atoms with Crippen LogP contribution in [-0.2, 0) is 30.4 Å². The lowest BCUT2D eigenvalue weighted by atomic mass is 10.1. The van der Waals surface area contributed by atoms with Gasteiger partial charge in [0.05, 0.1) is 19.2 Å². The normalized spacial score (nSPS) is 13.4. The lowest BCUT2D eigenvalue weighted by Gasteiger charge is -2.19. The fourth-order valence-corrected chi connectivity index (χ4v) is 2.49. The van der Waals surface area contributed by atoms with E-state index in [2.05, 4.69) is 16.0 Å². The third-order valence-electron chi connectivity index (χ3n) is 4.15. The van der Waals surface area contributed by atoms with E-state index in [0.717, 1.165) is 5.56 Å². The Hall–Kier alpha value is -3.51. The van der Waals surface area contributed by atoms with E-state index in [1.54, 1.807) is 24.3 Å². The summed E-state index contributed by atoms with van der Waals surface area (Å²) in [6, 6.07) is 5.15. The van der Waals surface area contributed by atoms with Crippen molar-refractivity contribution in [1.82, 2.24) is 16.0 Å². The molecule has 8 N–H and O–H groups in total. The van der Waals surface area contributed by atoms with Crippen molar-refractivity contribution in [2.24, 2.45) is 5.73 Å². The average Bonchev–Trinajstić information content (AvgIpc) is 2.73. The number of hydrogen-bond acceptors (Lipinski definition) is 7. The van der Waals surface area contributed by atoms with Crippen LogP contribution in [-0.4, -0.2) is 76.3 Å². The van der Waals surface area contributed by atoms with Gasteiger partial charge in [0, 0.05) is 6.42 Å². The van der Waals surface area contributed by atoms with Gasteiger partial charge in [0.25, 0.3) is 0 Å². The lowest BCUT2D eigenvalue weighted by Crippen LogP contribution is -2.55. The Balaban J connectivity index is 2.52. The molecule has 0 spiro atoms. The highest BCUT2D eigenvalue weighted by Crippen LogP contribution is 2.02. The Bertz CT molecular complexity index is 786. The molecular weight excluding hydrogens is 412 g/mol. The van der Waals surface area contributed by atoms with Crippen molar-refractivity contribution in [2.75, 3.05) is 13.2 Å². The fourth-order valence-electron chi connectivity index (χ4n) is 2.49. The molecule has 0 aromatic heterocycles. The number of carbonyl (C=O) groups excluding carboxylic acids is 3. The first kappa shape index (κ1) is 25.5. The number of aliphatic hydroxyl groups excluding tert-OH is 1. The van der Waals surface area contributed by atoms with E-state index in [4.69, 9.17) is 15.9 Å². The number of aliphatic hydroxyl groups is 1. The average molecular weight is 438 g/mol. The molecule has 1 aromatic rings. The Morgan fingerprint density at radius 3 is 2.13 bits per heavy atom. The van der Waals surface area contributed by atoms with Crippen LogP contribution in [0.3, 0.4) is 0 Å². The zero-order chi connectivity index (χ0) is 23.4. The summed E-state index contributed by atoms with van der Waals surface area (Å²) in [5.74, 6) is -5.08. The summed E-state index contributed by atoms with van der Waals surface area (Å²) in [5.41, 5.74) is 6.63. The fraction of sp³-hybridized carbons (Fsp3) is 0.421. The number of amides is 3. The minimum absolute atomic E-state index is 0.210. The first-order chi connectivity index (χ1) is 14.6. The first-order valence-electron chi connectivity index (χ1n) is 9.36. The Morgan fingerprint density at radius 2 is 1.58 bits per heavy atom. The predicted molar refractivity (Wildman–Crippen MR) is 107 cm³/mol. The van der Waals surface area contributed by atoms with Crippen molar-refractivity contribution in [3.8, 4) is 0 Å². The van der Waals surface area contributed by atoms with Gasteiger partial charge in [0.1, 0.15) is 12.1 Å². The van der Waals surface area contributed by atoms with Gasteiger partial charge in [-0.25, -0.2) is 4.79 Å². The molecule has 3 atom stereocenters. The molecule has 0 bridgehead atoms. The first-order valence-corrected chi connectivity index (χ1v) is 9.36. The van der Waals surface area contributed by atoms with Crippen LogP contribution in [0.4, 0.5) is 0 Å². The van der Waals surface area contributed by atoms with Gasteiger partial charge in [-0.05, 0) is 18.4 Å². The van der Waals surface area contributed by atoms with Gasteiger partial charge in [0.2, 0.25) is 17.7 Å². The summed E-state index contributed by atoms with van der Waals surface area (Å²) >= 11 is 0. The molecule has 0 saturated carbocycles. The minimum Gasteiger partial charge on any atom is -0.481 e. The van der Waals surface area contributed by atoms with Crippen LogP contribution in [0.5, 0.6) is 0 Å². The van der Waals surface area contributed by atoms with E-state index >= 15 is 0 Å². The van der Waals surface area contributed by atoms with Crippen LogP contribution < -0.4 is 21.7 Å². The number of carboxylic acids is 2. The Labute approximate surface area is 177 Å². The number of carbonyl (C=O) groups is 5. The molecule has 1 aromatic carbocycles. The standard InChI is InChI=1S/C19H26N4O8/c20-12(8-11-4-2-1-3-5-11)17(28)23-14(10-24)18(29)21-9-15(25)22-13(19(30)31)6-7-16(26)27/h1-5,12-14,24H,6-10,20H2,(H,21,29)(H,22,25)(H,23,28)(H,26,27)(H,30,31). The van der Waals surface area contributed by atoms with Crippen LogP contribution in [0.1, 0.15) is 18.4 Å². The Kier molecular flexibility index (Phi) is 10.6. The molecule has 12 heteroatoms. The van der Waals surface area contributed by atoms with Gasteiger partial charge in [-0.15, -0.1) is 0 Å². The van der Waals surface area contributed by atoms with Crippen molar-refractivity contribution in [1.29, 1.82) is 0 Å². The largest absolute Gasteiger partial charge is 0.481 e. The summed E-state index contributed by atoms with van der Waals surface area (Å²) in [6.45, 7) is -1.40. The van der Waals surface area contributed by atoms with E-state index in [-0.39, 0.29) is 12.8 Å². The van der Waals surface area contributed by atoms with E-state index in [9.17, 15) is 29.1 Å². The lowest BCUT2D eigenvalue weighted by molar-refractivity contribution is -0.143. The monoisotopic (exact) mass is 438 g/mol. The molecule has 1 rings (SSSR count). The van der Waals surface area contributed by atoms with Gasteiger partial charge in [-0.1, -0.05) is 30.3 Å². The summed E-state index contributed by atoms with van der Waals surface area (Å²) in [5, 5.41) is 33.5. The summed E-state index contributed by atoms with van der Waals surface area (Å²) in [7, 11) is 0. The van der Waals surface area contributed by atoms with E-state index < -0.39 is 67.4 Å². The number of rotatable bonds is 13. The van der Waals surface area contributed by atoms with Crippen molar-refractivity contribution < 1.29 is 39.3 Å². The maximum atomic E-state index is 12.2. The molecule has 3 amide bonds. The van der Waals surface area contributed by atoms with Gasteiger partial charge in [0.15, 0.2) is 0 Å². The molecule has 0 fully saturated rings. The molecule has 31 heavy (non-hydrogen) atoms. The topological polar surface area (TPSA) is 208 Å². The molecular formula is C19H26N4O8. The molecule has 12 nitrogen and oxygen atoms in total. The van der Waals surface area contributed by atoms with Crippen LogP contribution in [0.2, 0.25) is 0 Å². The third kappa shape index (κ3) is 9.69. The van der Waals surface area contributed by atoms with E-state index in [1.807, 2.05) is 6.07 Å². The van der Waals surface area contributed by atoms with Crippen molar-refractivity contribution in [3.63, 3.8) is 0 Å². The second kappa shape index (κ2) is 12.9. The molecule has 0 aliphatic carbocycles. The van der Waals surface area contributed by atoms with Crippen molar-refractivity contribution >= 4 is 29.7 Å². The van der Waals surface area contributed by atoms with Crippen molar-refractivity contribution in [3.05, 3.63) is 35.9 Å². The second-order valence-electron chi connectivity index (χ2n) is 6.65. The summed E-state index contributed by atoms with van der Waals surface area (Å²) in [6.07, 6.45) is -0.591. The second-order valence-corrected chi connectivity index (χ2v) is 6.65. The third-order valence-corrected chi connectivity index (χ3v) is 4.15. The molecule has 0 aliphatic heterocycles. The van der Waals surface area contributed by atoms with Gasteiger partial charge >= 0.3 is 11.9 Å². The highest BCUT2D eigenvalue weighted by atomic mass is 16.4. The molecule has 0 radical (unpaired) electrons. The van der Waals surface area contributed by atoms with Gasteiger partial charge < -0.3 is 37.0 Å². The maximum absolute atomic E-state index is 12.2. The molecule has 3 unspecified atom stereocenters. The quantitative estimate of drug-likeness (QED) is 0.175. The van der Waals surface area contributed by atoms with Crippen LogP contribution in [0.15, 0.2) is 30.3 Å². The van der Waals surface area contributed by atoms with Gasteiger partial charge in [-0.3, -0.25) is 19.2 Å². The van der Waals surface area contributed by atoms with Crippen LogP contribution in [0.25, 0.3) is 0 Å². The zero-order valence-corrected chi connectivity index (χ0v) is 16.6. The van der Waals surface area contributed by atoms with Crippen LogP contribution in [0, 0.1) is 0 Å². The Morgan fingerprint density at radius 1 is 0.935 bits per heavy atom. The molecule has 0 aliphatic rings. The number of nitrogens with one attached hydrogen (secondary N) is 3. The molecule has 170 valence electrons. The number of benzene rings is 1. The van der Waals surface area contributed by atoms with Crippen molar-refractivity contribution in [2.45, 2.75) is 37.4 Å². The number of aliphatic carboxylic acids is 2. The highest BCUT2D eigenvalue weighted by Gasteiger charge is 2.25. The summed E-state index contributed by atoms with van der Waals surface area (Å²) in [4.78, 5) is 57.8. The van der Waals surface area contributed by atoms with E-state index in [0.29, 0.717) is 0 Å². The zero-order valence-electron chi connectivity index (χ0n) is 16.6. The SMILES string of the molecule is NC(Cc1ccccc1)C(=O)NC(CO)C(=O)NCC(=O)NC(CCC(=O)O)C(=O)O. The smallest absolute Gasteiger partial charge is 0.326 e. The minimum atomic E-state index is -1.44. The predicted octanol–water partition coefficient (Wildman–Crippen LogP) is -2.42. The molecule has 0 heterocycles. The number of hydrogen-bond donors (Lipinski definition) is 7. The molecule has 0 saturated heterocycles. The number of nitrogens with two attached hydrogens (primary N) is 1. The highest BCUT2D eigenvalue weighted by molar-refractivity contribution is 5.92. The van der Waals surface area contributed by atoms with Crippen LogP contribution >= 0.6 is 0 Å². The maximum Gasteiger partial charge on any atom is 0.326 e.